The highest BCUT2D eigenvalue weighted by Crippen LogP contribution is 2.31. The summed E-state index contributed by atoms with van der Waals surface area (Å²) < 4.78 is 0. The minimum atomic E-state index is -0.345. The molecule has 0 saturated carbocycles. The highest BCUT2D eigenvalue weighted by molar-refractivity contribution is 5.80. The van der Waals surface area contributed by atoms with Crippen molar-refractivity contribution in [2.75, 3.05) is 26.2 Å². The third-order valence-electron chi connectivity index (χ3n) is 7.49. The number of nitrogens with one attached hydrogen (secondary N) is 1. The van der Waals surface area contributed by atoms with Crippen LogP contribution in [0.25, 0.3) is 11.1 Å². The average Bonchev–Trinajstić information content (AvgIpc) is 3.29. The van der Waals surface area contributed by atoms with Gasteiger partial charge in [-0.05, 0) is 48.1 Å². The molecule has 2 saturated heterocycles. The van der Waals surface area contributed by atoms with Crippen molar-refractivity contribution < 1.29 is 9.59 Å². The zero-order chi connectivity index (χ0) is 24.8. The summed E-state index contributed by atoms with van der Waals surface area (Å²) in [5.74, 6) is 0.277. The number of hydrogen-bond acceptors (Lipinski definition) is 4. The molecule has 5 rings (SSSR count). The number of aromatic nitrogens is 1. The fourth-order valence-electron chi connectivity index (χ4n) is 5.40. The van der Waals surface area contributed by atoms with Crippen molar-refractivity contribution in [2.24, 2.45) is 0 Å². The fraction of sp³-hybridized carbons (Fsp3) is 0.367. The van der Waals surface area contributed by atoms with Gasteiger partial charge in [0.15, 0.2) is 0 Å². The molecule has 0 radical (unpaired) electrons. The molecule has 2 fully saturated rings. The molecule has 0 spiro atoms. The zero-order valence-corrected chi connectivity index (χ0v) is 20.7. The van der Waals surface area contributed by atoms with Gasteiger partial charge in [-0.1, -0.05) is 60.7 Å². The number of amides is 2. The van der Waals surface area contributed by atoms with Crippen molar-refractivity contribution >= 4 is 11.8 Å². The summed E-state index contributed by atoms with van der Waals surface area (Å²) in [5.41, 5.74) is 4.28. The predicted octanol–water partition coefficient (Wildman–Crippen LogP) is 4.06. The molecule has 1 atom stereocenters. The van der Waals surface area contributed by atoms with Crippen LogP contribution in [0.15, 0.2) is 79.0 Å². The van der Waals surface area contributed by atoms with E-state index in [9.17, 15) is 9.59 Å². The maximum atomic E-state index is 13.1. The summed E-state index contributed by atoms with van der Waals surface area (Å²) in [7, 11) is 0. The Kier molecular flexibility index (Phi) is 7.42. The van der Waals surface area contributed by atoms with E-state index in [-0.39, 0.29) is 17.4 Å². The minimum absolute atomic E-state index is 0.0893. The molecule has 0 unspecified atom stereocenters. The highest BCUT2D eigenvalue weighted by atomic mass is 16.2. The molecule has 0 aliphatic carbocycles. The van der Waals surface area contributed by atoms with Crippen LogP contribution in [-0.2, 0) is 22.6 Å². The Morgan fingerprint density at radius 1 is 0.889 bits per heavy atom. The van der Waals surface area contributed by atoms with E-state index in [0.29, 0.717) is 19.3 Å². The van der Waals surface area contributed by atoms with E-state index < -0.39 is 0 Å². The lowest BCUT2D eigenvalue weighted by Crippen LogP contribution is -2.49. The third-order valence-corrected chi connectivity index (χ3v) is 7.49. The molecule has 36 heavy (non-hydrogen) atoms. The number of rotatable bonds is 8. The van der Waals surface area contributed by atoms with Gasteiger partial charge in [0.25, 0.3) is 0 Å². The van der Waals surface area contributed by atoms with Crippen LogP contribution in [0.3, 0.4) is 0 Å². The molecular formula is C30H34N4O2. The van der Waals surface area contributed by atoms with Crippen LogP contribution in [0, 0.1) is 0 Å². The molecule has 3 heterocycles. The van der Waals surface area contributed by atoms with Crippen LogP contribution in [0.1, 0.15) is 36.9 Å². The maximum absolute atomic E-state index is 13.1. The number of carbonyl (C=O) groups is 2. The quantitative estimate of drug-likeness (QED) is 0.526. The summed E-state index contributed by atoms with van der Waals surface area (Å²) in [6.07, 6.45) is 5.01. The molecule has 186 valence electrons. The van der Waals surface area contributed by atoms with E-state index >= 15 is 0 Å². The number of piperazine rings is 1. The summed E-state index contributed by atoms with van der Waals surface area (Å²) in [6.45, 7) is 4.02. The van der Waals surface area contributed by atoms with Gasteiger partial charge in [-0.2, -0.15) is 0 Å². The Balaban J connectivity index is 1.16. The summed E-state index contributed by atoms with van der Waals surface area (Å²) in [5, 5.41) is 3.23. The predicted molar refractivity (Wildman–Crippen MR) is 141 cm³/mol. The molecule has 2 aliphatic heterocycles. The van der Waals surface area contributed by atoms with Gasteiger partial charge in [-0.15, -0.1) is 0 Å². The van der Waals surface area contributed by atoms with Gasteiger partial charge in [0, 0.05) is 57.3 Å². The number of carbonyl (C=O) groups excluding carboxylic acids is 2. The maximum Gasteiger partial charge on any atom is 0.222 e. The van der Waals surface area contributed by atoms with Gasteiger partial charge < -0.3 is 10.2 Å². The molecule has 2 aliphatic rings. The molecule has 6 heteroatoms. The van der Waals surface area contributed by atoms with Crippen molar-refractivity contribution in [3.8, 4) is 11.1 Å². The van der Waals surface area contributed by atoms with E-state index in [1.54, 1.807) is 0 Å². The topological polar surface area (TPSA) is 65.5 Å². The first-order valence-corrected chi connectivity index (χ1v) is 12.9. The second kappa shape index (κ2) is 11.0. The fourth-order valence-corrected chi connectivity index (χ4v) is 5.40. The summed E-state index contributed by atoms with van der Waals surface area (Å²) >= 11 is 0. The Bertz CT molecular complexity index is 1160. The van der Waals surface area contributed by atoms with Crippen molar-refractivity contribution in [1.82, 2.24) is 20.1 Å². The minimum Gasteiger partial charge on any atom is -0.350 e. The molecule has 0 bridgehead atoms. The average molecular weight is 483 g/mol. The lowest BCUT2D eigenvalue weighted by Gasteiger charge is -2.36. The Hall–Kier alpha value is -3.51. The first kappa shape index (κ1) is 24.2. The molecule has 2 amide bonds. The van der Waals surface area contributed by atoms with Crippen LogP contribution in [0.5, 0.6) is 0 Å². The zero-order valence-electron chi connectivity index (χ0n) is 20.7. The van der Waals surface area contributed by atoms with Crippen LogP contribution in [0.4, 0.5) is 0 Å². The Morgan fingerprint density at radius 2 is 1.61 bits per heavy atom. The number of hydrogen-bond donors (Lipinski definition) is 1. The Labute approximate surface area is 213 Å². The van der Waals surface area contributed by atoms with Crippen molar-refractivity contribution in [2.45, 2.75) is 44.2 Å². The summed E-state index contributed by atoms with van der Waals surface area (Å²) in [4.78, 5) is 34.0. The van der Waals surface area contributed by atoms with Gasteiger partial charge in [-0.25, -0.2) is 0 Å². The molecule has 1 N–H and O–H groups in total. The van der Waals surface area contributed by atoms with E-state index in [1.807, 2.05) is 47.5 Å². The van der Waals surface area contributed by atoms with Crippen molar-refractivity contribution in [3.63, 3.8) is 0 Å². The van der Waals surface area contributed by atoms with E-state index in [0.717, 1.165) is 51.3 Å². The van der Waals surface area contributed by atoms with E-state index in [1.165, 1.54) is 16.7 Å². The van der Waals surface area contributed by atoms with Crippen LogP contribution in [-0.4, -0.2) is 58.3 Å². The molecule has 1 aromatic heterocycles. The molecule has 2 aromatic carbocycles. The molecule has 6 nitrogen and oxygen atoms in total. The molecular weight excluding hydrogens is 448 g/mol. The first-order chi connectivity index (χ1) is 17.6. The number of nitrogens with zero attached hydrogens (tertiary/aromatic N) is 3. The van der Waals surface area contributed by atoms with Gasteiger partial charge in [-0.3, -0.25) is 19.5 Å². The first-order valence-electron chi connectivity index (χ1n) is 12.9. The smallest absolute Gasteiger partial charge is 0.222 e. The van der Waals surface area contributed by atoms with Gasteiger partial charge in [0.2, 0.25) is 11.8 Å². The molecule has 3 aromatic rings. The Morgan fingerprint density at radius 3 is 2.28 bits per heavy atom. The monoisotopic (exact) mass is 482 g/mol. The normalized spacial score (nSPS) is 20.3. The van der Waals surface area contributed by atoms with Crippen LogP contribution < -0.4 is 5.32 Å². The standard InChI is InChI=1S/C30H34N4O2/c35-28-13-15-30(32-28,22-24-9-11-26(12-10-24)25-6-2-1-3-7-25)16-14-29(36)34-20-18-33(19-21-34)23-27-8-4-5-17-31-27/h1-12,17H,13-16,18-23H2,(H,32,35)/t30-/m0/s1. The van der Waals surface area contributed by atoms with Crippen molar-refractivity contribution in [3.05, 3.63) is 90.3 Å². The van der Waals surface area contributed by atoms with Gasteiger partial charge in [0.05, 0.1) is 5.69 Å². The van der Waals surface area contributed by atoms with Crippen LogP contribution >= 0.6 is 0 Å². The second-order valence-electron chi connectivity index (χ2n) is 10.0. The second-order valence-corrected chi connectivity index (χ2v) is 10.0. The number of benzene rings is 2. The largest absolute Gasteiger partial charge is 0.350 e. The lowest BCUT2D eigenvalue weighted by molar-refractivity contribution is -0.133. The van der Waals surface area contributed by atoms with Crippen molar-refractivity contribution in [1.29, 1.82) is 0 Å². The van der Waals surface area contributed by atoms with E-state index in [4.69, 9.17) is 0 Å². The van der Waals surface area contributed by atoms with E-state index in [2.05, 4.69) is 51.6 Å². The number of pyridine rings is 1. The summed E-state index contributed by atoms with van der Waals surface area (Å²) in [6, 6.07) is 24.9. The van der Waals surface area contributed by atoms with Crippen LogP contribution in [0.2, 0.25) is 0 Å². The third kappa shape index (κ3) is 6.00. The van der Waals surface area contributed by atoms with Gasteiger partial charge in [0.1, 0.15) is 0 Å². The highest BCUT2D eigenvalue weighted by Gasteiger charge is 2.38. The lowest BCUT2D eigenvalue weighted by atomic mass is 9.84. The van der Waals surface area contributed by atoms with Gasteiger partial charge >= 0.3 is 0 Å². The SMILES string of the molecule is O=C1CC[C@](CCC(=O)N2CCN(Cc3ccccn3)CC2)(Cc2ccc(-c3ccccc3)cc2)N1.